The van der Waals surface area contributed by atoms with Gasteiger partial charge in [-0.3, -0.25) is 0 Å². The monoisotopic (exact) mass is 292 g/mol. The summed E-state index contributed by atoms with van der Waals surface area (Å²) in [6.07, 6.45) is 7.42. The second-order valence-electron chi connectivity index (χ2n) is 5.20. The van der Waals surface area contributed by atoms with Crippen LogP contribution in [0.4, 0.5) is 0 Å². The van der Waals surface area contributed by atoms with Crippen molar-refractivity contribution in [2.75, 3.05) is 5.33 Å². The molecule has 90 valence electrons. The van der Waals surface area contributed by atoms with Gasteiger partial charge >= 0.3 is 0 Å². The highest BCUT2D eigenvalue weighted by Crippen LogP contribution is 2.41. The highest BCUT2D eigenvalue weighted by Gasteiger charge is 2.33. The summed E-state index contributed by atoms with van der Waals surface area (Å²) in [5, 5.41) is 1.10. The molecule has 1 heterocycles. The van der Waals surface area contributed by atoms with Crippen LogP contribution in [0.3, 0.4) is 0 Å². The summed E-state index contributed by atoms with van der Waals surface area (Å²) in [6.45, 7) is 1.10. The number of fused-ring (bicyclic) bond motifs is 1. The number of hydrogen-bond donors (Lipinski definition) is 0. The zero-order valence-corrected chi connectivity index (χ0v) is 11.5. The SMILES string of the molecule is BrCC1(Cn2cnc3ccccc32)CCCC1. The van der Waals surface area contributed by atoms with E-state index >= 15 is 0 Å². The molecule has 0 unspecified atom stereocenters. The Kier molecular flexibility index (Phi) is 2.95. The quantitative estimate of drug-likeness (QED) is 0.782. The fourth-order valence-electron chi connectivity index (χ4n) is 2.96. The summed E-state index contributed by atoms with van der Waals surface area (Å²) < 4.78 is 2.32. The van der Waals surface area contributed by atoms with Crippen LogP contribution >= 0.6 is 15.9 Å². The molecule has 1 aromatic carbocycles. The van der Waals surface area contributed by atoms with Gasteiger partial charge in [-0.15, -0.1) is 0 Å². The molecule has 3 heteroatoms. The van der Waals surface area contributed by atoms with Crippen LogP contribution in [-0.2, 0) is 6.54 Å². The van der Waals surface area contributed by atoms with E-state index in [1.54, 1.807) is 0 Å². The molecule has 0 amide bonds. The third-order valence-electron chi connectivity index (χ3n) is 3.98. The molecule has 0 atom stereocenters. The average molecular weight is 293 g/mol. The van der Waals surface area contributed by atoms with Crippen molar-refractivity contribution in [1.29, 1.82) is 0 Å². The zero-order valence-electron chi connectivity index (χ0n) is 9.90. The van der Waals surface area contributed by atoms with E-state index in [9.17, 15) is 0 Å². The molecule has 3 rings (SSSR count). The number of hydrogen-bond acceptors (Lipinski definition) is 1. The fourth-order valence-corrected chi connectivity index (χ4v) is 3.69. The van der Waals surface area contributed by atoms with Gasteiger partial charge in [-0.25, -0.2) is 4.98 Å². The van der Waals surface area contributed by atoms with Crippen molar-refractivity contribution < 1.29 is 0 Å². The Hall–Kier alpha value is -0.830. The maximum absolute atomic E-state index is 4.47. The topological polar surface area (TPSA) is 17.8 Å². The van der Waals surface area contributed by atoms with Gasteiger partial charge < -0.3 is 4.57 Å². The molecule has 2 nitrogen and oxygen atoms in total. The minimum absolute atomic E-state index is 0.448. The number of para-hydroxylation sites is 2. The Bertz CT molecular complexity index is 512. The highest BCUT2D eigenvalue weighted by molar-refractivity contribution is 9.09. The molecule has 0 radical (unpaired) electrons. The van der Waals surface area contributed by atoms with Gasteiger partial charge in [-0.1, -0.05) is 40.9 Å². The van der Waals surface area contributed by atoms with Crippen LogP contribution in [-0.4, -0.2) is 14.9 Å². The van der Waals surface area contributed by atoms with E-state index in [2.05, 4.69) is 49.7 Å². The van der Waals surface area contributed by atoms with E-state index < -0.39 is 0 Å². The molecular formula is C14H17BrN2. The summed E-state index contributed by atoms with van der Waals surface area (Å²) in [6, 6.07) is 8.39. The minimum atomic E-state index is 0.448. The van der Waals surface area contributed by atoms with Crippen LogP contribution in [0.2, 0.25) is 0 Å². The number of imidazole rings is 1. The van der Waals surface area contributed by atoms with Crippen molar-refractivity contribution in [2.45, 2.75) is 32.2 Å². The maximum Gasteiger partial charge on any atom is 0.0958 e. The summed E-state index contributed by atoms with van der Waals surface area (Å²) in [5.74, 6) is 0. The third-order valence-corrected chi connectivity index (χ3v) is 5.17. The van der Waals surface area contributed by atoms with Gasteiger partial charge in [-0.2, -0.15) is 0 Å². The van der Waals surface area contributed by atoms with Crippen LogP contribution in [0.5, 0.6) is 0 Å². The largest absolute Gasteiger partial charge is 0.330 e. The summed E-state index contributed by atoms with van der Waals surface area (Å²) in [4.78, 5) is 4.47. The summed E-state index contributed by atoms with van der Waals surface area (Å²) in [5.41, 5.74) is 2.82. The van der Waals surface area contributed by atoms with Crippen molar-refractivity contribution in [3.8, 4) is 0 Å². The van der Waals surface area contributed by atoms with Gasteiger partial charge in [0.1, 0.15) is 0 Å². The van der Waals surface area contributed by atoms with Gasteiger partial charge in [0.15, 0.2) is 0 Å². The van der Waals surface area contributed by atoms with Crippen molar-refractivity contribution >= 4 is 27.0 Å². The molecular weight excluding hydrogens is 276 g/mol. The normalized spacial score (nSPS) is 18.9. The second kappa shape index (κ2) is 4.45. The molecule has 0 bridgehead atoms. The molecule has 0 aliphatic heterocycles. The summed E-state index contributed by atoms with van der Waals surface area (Å²) >= 11 is 3.71. The van der Waals surface area contributed by atoms with Gasteiger partial charge in [0.25, 0.3) is 0 Å². The fraction of sp³-hybridized carbons (Fsp3) is 0.500. The minimum Gasteiger partial charge on any atom is -0.330 e. The predicted molar refractivity (Wildman–Crippen MR) is 74.4 cm³/mol. The lowest BCUT2D eigenvalue weighted by Crippen LogP contribution is -2.24. The van der Waals surface area contributed by atoms with Crippen molar-refractivity contribution in [2.24, 2.45) is 5.41 Å². The lowest BCUT2D eigenvalue weighted by atomic mass is 9.88. The zero-order chi connectivity index (χ0) is 11.7. The van der Waals surface area contributed by atoms with E-state index in [0.717, 1.165) is 17.4 Å². The molecule has 1 saturated carbocycles. The van der Waals surface area contributed by atoms with Crippen LogP contribution < -0.4 is 0 Å². The Morgan fingerprint density at radius 1 is 1.24 bits per heavy atom. The van der Waals surface area contributed by atoms with E-state index in [4.69, 9.17) is 0 Å². The highest BCUT2D eigenvalue weighted by atomic mass is 79.9. The Balaban J connectivity index is 1.94. The number of nitrogens with zero attached hydrogens (tertiary/aromatic N) is 2. The maximum atomic E-state index is 4.47. The third kappa shape index (κ3) is 2.01. The molecule has 1 fully saturated rings. The van der Waals surface area contributed by atoms with Crippen molar-refractivity contribution in [3.05, 3.63) is 30.6 Å². The molecule has 2 aromatic rings. The molecule has 0 N–H and O–H groups in total. The Labute approximate surface area is 110 Å². The number of benzene rings is 1. The number of alkyl halides is 1. The van der Waals surface area contributed by atoms with Crippen LogP contribution in [0, 0.1) is 5.41 Å². The van der Waals surface area contributed by atoms with Gasteiger partial charge in [0.2, 0.25) is 0 Å². The van der Waals surface area contributed by atoms with Gasteiger partial charge in [0, 0.05) is 11.9 Å². The molecule has 0 saturated heterocycles. The van der Waals surface area contributed by atoms with Crippen molar-refractivity contribution in [3.63, 3.8) is 0 Å². The van der Waals surface area contributed by atoms with E-state index in [1.165, 1.54) is 31.2 Å². The Morgan fingerprint density at radius 2 is 2.00 bits per heavy atom. The average Bonchev–Trinajstić information content (AvgIpc) is 2.99. The molecule has 0 spiro atoms. The summed E-state index contributed by atoms with van der Waals surface area (Å²) in [7, 11) is 0. The second-order valence-corrected chi connectivity index (χ2v) is 5.76. The van der Waals surface area contributed by atoms with Gasteiger partial charge in [0.05, 0.1) is 17.4 Å². The number of halogens is 1. The lowest BCUT2D eigenvalue weighted by molar-refractivity contribution is 0.296. The first-order valence-electron chi connectivity index (χ1n) is 6.29. The van der Waals surface area contributed by atoms with Crippen LogP contribution in [0.25, 0.3) is 11.0 Å². The molecule has 17 heavy (non-hydrogen) atoms. The first-order valence-corrected chi connectivity index (χ1v) is 7.41. The first kappa shape index (κ1) is 11.3. The van der Waals surface area contributed by atoms with E-state index in [0.29, 0.717) is 5.41 Å². The van der Waals surface area contributed by atoms with Crippen LogP contribution in [0.1, 0.15) is 25.7 Å². The standard InChI is InChI=1S/C14H17BrN2/c15-9-14(7-3-4-8-14)10-17-11-16-12-5-1-2-6-13(12)17/h1-2,5-6,11H,3-4,7-10H2. The molecule has 1 aromatic heterocycles. The first-order chi connectivity index (χ1) is 8.33. The smallest absolute Gasteiger partial charge is 0.0958 e. The van der Waals surface area contributed by atoms with Crippen LogP contribution in [0.15, 0.2) is 30.6 Å². The molecule has 1 aliphatic rings. The predicted octanol–water partition coefficient (Wildman–Crippen LogP) is 3.99. The van der Waals surface area contributed by atoms with Gasteiger partial charge in [-0.05, 0) is 30.4 Å². The number of rotatable bonds is 3. The van der Waals surface area contributed by atoms with E-state index in [-0.39, 0.29) is 0 Å². The number of aromatic nitrogens is 2. The van der Waals surface area contributed by atoms with Crippen molar-refractivity contribution in [1.82, 2.24) is 9.55 Å². The Morgan fingerprint density at radius 3 is 2.76 bits per heavy atom. The lowest BCUT2D eigenvalue weighted by Gasteiger charge is -2.27. The van der Waals surface area contributed by atoms with E-state index in [1.807, 2.05) is 6.33 Å². The molecule has 1 aliphatic carbocycles.